The van der Waals surface area contributed by atoms with Crippen molar-refractivity contribution in [1.82, 2.24) is 4.57 Å². The van der Waals surface area contributed by atoms with Gasteiger partial charge in [0.05, 0.1) is 5.03 Å². The van der Waals surface area contributed by atoms with Crippen LogP contribution in [-0.2, 0) is 13.0 Å². The van der Waals surface area contributed by atoms with Crippen LogP contribution in [0.15, 0.2) is 64.4 Å². The number of benzene rings is 2. The van der Waals surface area contributed by atoms with E-state index in [1.165, 1.54) is 16.2 Å². The summed E-state index contributed by atoms with van der Waals surface area (Å²) in [5.41, 5.74) is 2.75. The second-order valence-corrected chi connectivity index (χ2v) is 6.73. The molecule has 0 spiro atoms. The Morgan fingerprint density at radius 3 is 2.50 bits per heavy atom. The summed E-state index contributed by atoms with van der Waals surface area (Å²) in [4.78, 5) is 12.7. The van der Waals surface area contributed by atoms with Gasteiger partial charge in [0.15, 0.2) is 0 Å². The van der Waals surface area contributed by atoms with Gasteiger partial charge in [-0.15, -0.1) is 11.8 Å². The van der Waals surface area contributed by atoms with E-state index in [9.17, 15) is 4.79 Å². The molecule has 3 aromatic rings. The molecule has 0 unspecified atom stereocenters. The maximum atomic E-state index is 12.7. The van der Waals surface area contributed by atoms with Crippen molar-refractivity contribution in [3.63, 3.8) is 0 Å². The predicted molar refractivity (Wildman–Crippen MR) is 92.8 cm³/mol. The van der Waals surface area contributed by atoms with Crippen molar-refractivity contribution in [3.05, 3.63) is 76.1 Å². The highest BCUT2D eigenvalue weighted by Gasteiger charge is 2.19. The first-order valence-corrected chi connectivity index (χ1v) is 8.64. The summed E-state index contributed by atoms with van der Waals surface area (Å²) >= 11 is 1.83. The van der Waals surface area contributed by atoms with Crippen LogP contribution in [0.5, 0.6) is 0 Å². The number of pyridine rings is 1. The minimum Gasteiger partial charge on any atom is -0.302 e. The lowest BCUT2D eigenvalue weighted by Gasteiger charge is -2.23. The zero-order valence-electron chi connectivity index (χ0n) is 12.3. The first kappa shape index (κ1) is 13.6. The van der Waals surface area contributed by atoms with E-state index >= 15 is 0 Å². The normalized spacial score (nSPS) is 14.0. The molecular formula is C19H17NOS. The third-order valence-electron chi connectivity index (χ3n) is 4.22. The fraction of sp³-hybridized carbons (Fsp3) is 0.211. The molecule has 0 atom stereocenters. The van der Waals surface area contributed by atoms with Gasteiger partial charge in [-0.2, -0.15) is 0 Å². The number of thioether (sulfide) groups is 1. The van der Waals surface area contributed by atoms with Crippen molar-refractivity contribution in [1.29, 1.82) is 0 Å². The number of hydrogen-bond donors (Lipinski definition) is 0. The average molecular weight is 307 g/mol. The second kappa shape index (κ2) is 5.65. The molecule has 2 nitrogen and oxygen atoms in total. The highest BCUT2D eigenvalue weighted by Crippen LogP contribution is 2.32. The van der Waals surface area contributed by atoms with Crippen molar-refractivity contribution >= 4 is 22.5 Å². The summed E-state index contributed by atoms with van der Waals surface area (Å²) in [5, 5.41) is 3.12. The van der Waals surface area contributed by atoms with Gasteiger partial charge in [0.1, 0.15) is 0 Å². The lowest BCUT2D eigenvalue weighted by atomic mass is 10.0. The van der Waals surface area contributed by atoms with Gasteiger partial charge in [-0.05, 0) is 29.0 Å². The standard InChI is InChI=1S/C19H17NOS/c21-18-16-10-5-4-9-15(16)17(13-14-7-2-1-3-8-14)19-20(18)11-6-12-22-19/h1-5,7-10H,6,11-13H2. The lowest BCUT2D eigenvalue weighted by molar-refractivity contribution is 0.589. The van der Waals surface area contributed by atoms with Crippen molar-refractivity contribution < 1.29 is 0 Å². The molecule has 4 rings (SSSR count). The molecule has 0 saturated carbocycles. The van der Waals surface area contributed by atoms with Crippen LogP contribution in [0.2, 0.25) is 0 Å². The van der Waals surface area contributed by atoms with Gasteiger partial charge in [-0.3, -0.25) is 4.79 Å². The van der Waals surface area contributed by atoms with E-state index in [-0.39, 0.29) is 5.56 Å². The largest absolute Gasteiger partial charge is 0.302 e. The van der Waals surface area contributed by atoms with Crippen LogP contribution in [0.4, 0.5) is 0 Å². The summed E-state index contributed by atoms with van der Waals surface area (Å²) in [6.07, 6.45) is 1.95. The molecule has 3 heteroatoms. The fourth-order valence-corrected chi connectivity index (χ4v) is 4.33. The third-order valence-corrected chi connectivity index (χ3v) is 5.45. The van der Waals surface area contributed by atoms with Crippen molar-refractivity contribution in [3.8, 4) is 0 Å². The topological polar surface area (TPSA) is 22.0 Å². The van der Waals surface area contributed by atoms with Crippen LogP contribution in [0.25, 0.3) is 10.8 Å². The molecule has 1 aliphatic heterocycles. The first-order chi connectivity index (χ1) is 10.8. The predicted octanol–water partition coefficient (Wildman–Crippen LogP) is 4.09. The highest BCUT2D eigenvalue weighted by atomic mass is 32.2. The SMILES string of the molecule is O=c1c2ccccc2c(Cc2ccccc2)c2n1CCCS2. The maximum absolute atomic E-state index is 12.7. The lowest BCUT2D eigenvalue weighted by Crippen LogP contribution is -2.26. The Morgan fingerprint density at radius 2 is 1.68 bits per heavy atom. The molecule has 0 bridgehead atoms. The Balaban J connectivity index is 1.99. The van der Waals surface area contributed by atoms with Crippen LogP contribution in [0.3, 0.4) is 0 Å². The number of rotatable bonds is 2. The molecule has 0 aliphatic carbocycles. The number of hydrogen-bond acceptors (Lipinski definition) is 2. The van der Waals surface area contributed by atoms with Crippen LogP contribution >= 0.6 is 11.8 Å². The van der Waals surface area contributed by atoms with Crippen LogP contribution in [0, 0.1) is 0 Å². The second-order valence-electron chi connectivity index (χ2n) is 5.65. The molecule has 0 amide bonds. The minimum absolute atomic E-state index is 0.162. The monoisotopic (exact) mass is 307 g/mol. The van der Waals surface area contributed by atoms with E-state index in [0.29, 0.717) is 0 Å². The molecule has 0 radical (unpaired) electrons. The van der Waals surface area contributed by atoms with E-state index in [2.05, 4.69) is 30.3 Å². The van der Waals surface area contributed by atoms with E-state index in [1.54, 1.807) is 0 Å². The number of fused-ring (bicyclic) bond motifs is 2. The van der Waals surface area contributed by atoms with Gasteiger partial charge in [0.25, 0.3) is 5.56 Å². The molecule has 0 saturated heterocycles. The summed E-state index contributed by atoms with van der Waals surface area (Å²) in [5.74, 6) is 1.10. The Bertz CT molecular complexity index is 883. The number of aromatic nitrogens is 1. The van der Waals surface area contributed by atoms with E-state index < -0.39 is 0 Å². The molecule has 22 heavy (non-hydrogen) atoms. The zero-order chi connectivity index (χ0) is 14.9. The van der Waals surface area contributed by atoms with Gasteiger partial charge in [-0.25, -0.2) is 0 Å². The molecule has 1 aliphatic rings. The van der Waals surface area contributed by atoms with Gasteiger partial charge in [0.2, 0.25) is 0 Å². The molecular weight excluding hydrogens is 290 g/mol. The minimum atomic E-state index is 0.162. The van der Waals surface area contributed by atoms with Gasteiger partial charge in [0, 0.05) is 24.1 Å². The molecule has 1 aromatic heterocycles. The summed E-state index contributed by atoms with van der Waals surface area (Å²) in [6, 6.07) is 18.5. The molecule has 0 N–H and O–H groups in total. The molecule has 2 heterocycles. The molecule has 0 fully saturated rings. The van der Waals surface area contributed by atoms with Crippen LogP contribution in [-0.4, -0.2) is 10.3 Å². The highest BCUT2D eigenvalue weighted by molar-refractivity contribution is 7.99. The Morgan fingerprint density at radius 1 is 0.955 bits per heavy atom. The Kier molecular flexibility index (Phi) is 3.51. The Hall–Kier alpha value is -2.00. The van der Waals surface area contributed by atoms with Crippen LogP contribution < -0.4 is 5.56 Å². The zero-order valence-corrected chi connectivity index (χ0v) is 13.1. The number of nitrogens with zero attached hydrogens (tertiary/aromatic N) is 1. The first-order valence-electron chi connectivity index (χ1n) is 7.66. The van der Waals surface area contributed by atoms with Gasteiger partial charge < -0.3 is 4.57 Å². The van der Waals surface area contributed by atoms with E-state index in [0.717, 1.165) is 35.9 Å². The van der Waals surface area contributed by atoms with Crippen molar-refractivity contribution in [2.75, 3.05) is 5.75 Å². The molecule has 110 valence electrons. The van der Waals surface area contributed by atoms with Gasteiger partial charge >= 0.3 is 0 Å². The third kappa shape index (κ3) is 2.26. The van der Waals surface area contributed by atoms with E-state index in [1.807, 2.05) is 40.6 Å². The molecule has 2 aromatic carbocycles. The van der Waals surface area contributed by atoms with Crippen LogP contribution in [0.1, 0.15) is 17.5 Å². The summed E-state index contributed by atoms with van der Waals surface area (Å²) in [6.45, 7) is 0.841. The van der Waals surface area contributed by atoms with Gasteiger partial charge in [-0.1, -0.05) is 48.5 Å². The fourth-order valence-electron chi connectivity index (χ4n) is 3.18. The van der Waals surface area contributed by atoms with Crippen molar-refractivity contribution in [2.45, 2.75) is 24.4 Å². The van der Waals surface area contributed by atoms with E-state index in [4.69, 9.17) is 0 Å². The quantitative estimate of drug-likeness (QED) is 0.711. The maximum Gasteiger partial charge on any atom is 0.259 e. The summed E-state index contributed by atoms with van der Waals surface area (Å²) in [7, 11) is 0. The van der Waals surface area contributed by atoms with Crippen molar-refractivity contribution in [2.24, 2.45) is 0 Å². The average Bonchev–Trinajstić information content (AvgIpc) is 2.59. The Labute approximate surface area is 133 Å². The smallest absolute Gasteiger partial charge is 0.259 e. The summed E-state index contributed by atoms with van der Waals surface area (Å²) < 4.78 is 1.98.